The van der Waals surface area contributed by atoms with E-state index in [1.54, 1.807) is 26.4 Å². The molecule has 11 nitrogen and oxygen atoms in total. The zero-order valence-electron chi connectivity index (χ0n) is 26.0. The van der Waals surface area contributed by atoms with Crippen molar-refractivity contribution in [2.75, 3.05) is 55.7 Å². The minimum Gasteiger partial charge on any atom is -0.497 e. The summed E-state index contributed by atoms with van der Waals surface area (Å²) in [6.07, 6.45) is 0.920. The van der Waals surface area contributed by atoms with E-state index in [9.17, 15) is 9.59 Å². The van der Waals surface area contributed by atoms with Gasteiger partial charge in [-0.1, -0.05) is 0 Å². The van der Waals surface area contributed by atoms with Crippen LogP contribution in [-0.4, -0.2) is 89.8 Å². The van der Waals surface area contributed by atoms with E-state index in [1.165, 1.54) is 45.1 Å². The van der Waals surface area contributed by atoms with Crippen molar-refractivity contribution in [2.45, 2.75) is 37.5 Å². The Labute approximate surface area is 256 Å². The minimum absolute atomic E-state index is 0.0170. The van der Waals surface area contributed by atoms with Crippen LogP contribution in [0.2, 0.25) is 0 Å². The summed E-state index contributed by atoms with van der Waals surface area (Å²) >= 11 is 0. The number of fused-ring (bicyclic) bond motifs is 6. The number of carbonyl (C=O) groups is 2. The predicted molar refractivity (Wildman–Crippen MR) is 161 cm³/mol. The Balaban J connectivity index is 1.29. The van der Waals surface area contributed by atoms with E-state index in [-0.39, 0.29) is 29.4 Å². The van der Waals surface area contributed by atoms with Crippen LogP contribution in [0.25, 0.3) is 10.9 Å². The molecule has 6 rings (SSSR count). The van der Waals surface area contributed by atoms with Crippen molar-refractivity contribution in [2.24, 2.45) is 17.8 Å². The highest BCUT2D eigenvalue weighted by molar-refractivity contribution is 5.91. The molecule has 0 spiro atoms. The quantitative estimate of drug-likeness (QED) is 0.374. The average Bonchev–Trinajstić information content (AvgIpc) is 3.43. The van der Waals surface area contributed by atoms with Crippen molar-refractivity contribution in [1.82, 2.24) is 9.88 Å². The van der Waals surface area contributed by atoms with Gasteiger partial charge in [0.25, 0.3) is 0 Å². The molecule has 1 saturated carbocycles. The van der Waals surface area contributed by atoms with E-state index in [4.69, 9.17) is 33.2 Å². The molecule has 236 valence electrons. The SMILES string of the molecule is COC(=O)[C@@H]1[C@@H]2C[C@@H]3c4[nH]c5cc(OC)ccc5c4CCN3C[C@@H]2C[C@H](OC(=O)c2cc(OC)c(OC)c(OC)c2)[C@H]1OC. The first-order chi connectivity index (χ1) is 21.3. The molecule has 11 heteroatoms. The molecule has 2 aliphatic heterocycles. The van der Waals surface area contributed by atoms with Crippen molar-refractivity contribution < 1.29 is 42.7 Å². The first-order valence-corrected chi connectivity index (χ1v) is 14.9. The van der Waals surface area contributed by atoms with Gasteiger partial charge in [-0.05, 0) is 60.9 Å². The lowest BCUT2D eigenvalue weighted by molar-refractivity contribution is -0.176. The number of H-pyrrole nitrogens is 1. The van der Waals surface area contributed by atoms with Crippen LogP contribution in [0, 0.1) is 17.8 Å². The molecule has 0 bridgehead atoms. The highest BCUT2D eigenvalue weighted by Crippen LogP contribution is 2.51. The number of ether oxygens (including phenoxy) is 7. The van der Waals surface area contributed by atoms with E-state index < -0.39 is 24.1 Å². The van der Waals surface area contributed by atoms with Gasteiger partial charge in [-0.25, -0.2) is 4.79 Å². The molecule has 3 aliphatic rings. The fourth-order valence-electron chi connectivity index (χ4n) is 7.76. The van der Waals surface area contributed by atoms with Crippen molar-refractivity contribution in [1.29, 1.82) is 0 Å². The first-order valence-electron chi connectivity index (χ1n) is 14.9. The van der Waals surface area contributed by atoms with Crippen molar-refractivity contribution in [3.8, 4) is 23.0 Å². The van der Waals surface area contributed by atoms with Gasteiger partial charge in [0.1, 0.15) is 18.0 Å². The number of aromatic nitrogens is 1. The van der Waals surface area contributed by atoms with Crippen LogP contribution < -0.4 is 18.9 Å². The van der Waals surface area contributed by atoms with Gasteiger partial charge in [0, 0.05) is 42.9 Å². The molecule has 1 saturated heterocycles. The Bertz CT molecular complexity index is 1530. The van der Waals surface area contributed by atoms with Crippen molar-refractivity contribution in [3.05, 3.63) is 47.2 Å². The lowest BCUT2D eigenvalue weighted by Crippen LogP contribution is -2.58. The third kappa shape index (κ3) is 5.01. The second-order valence-electron chi connectivity index (χ2n) is 11.7. The number of piperidine rings is 1. The molecular formula is C33H40N2O9. The smallest absolute Gasteiger partial charge is 0.338 e. The second-order valence-corrected chi connectivity index (χ2v) is 11.7. The average molecular weight is 609 g/mol. The number of esters is 2. The number of hydrogen-bond donors (Lipinski definition) is 1. The molecule has 0 radical (unpaired) electrons. The molecule has 3 aromatic rings. The van der Waals surface area contributed by atoms with E-state index in [0.29, 0.717) is 23.7 Å². The van der Waals surface area contributed by atoms with Crippen LogP contribution in [0.4, 0.5) is 0 Å². The summed E-state index contributed by atoms with van der Waals surface area (Å²) in [5, 5.41) is 1.21. The molecule has 2 aromatic carbocycles. The fourth-order valence-corrected chi connectivity index (χ4v) is 7.76. The van der Waals surface area contributed by atoms with Gasteiger partial charge in [0.05, 0.1) is 53.1 Å². The molecule has 1 N–H and O–H groups in total. The Morgan fingerprint density at radius 1 is 0.909 bits per heavy atom. The summed E-state index contributed by atoms with van der Waals surface area (Å²) in [7, 11) is 9.10. The zero-order valence-corrected chi connectivity index (χ0v) is 26.0. The Morgan fingerprint density at radius 3 is 2.30 bits per heavy atom. The molecule has 1 aliphatic carbocycles. The first kappa shape index (κ1) is 30.1. The summed E-state index contributed by atoms with van der Waals surface area (Å²) < 4.78 is 39.1. The van der Waals surface area contributed by atoms with Crippen molar-refractivity contribution >= 4 is 22.8 Å². The maximum Gasteiger partial charge on any atom is 0.338 e. The Morgan fingerprint density at radius 2 is 1.66 bits per heavy atom. The number of rotatable bonds is 8. The largest absolute Gasteiger partial charge is 0.497 e. The molecule has 3 heterocycles. The fraction of sp³-hybridized carbons (Fsp3) is 0.515. The van der Waals surface area contributed by atoms with Crippen LogP contribution in [0.5, 0.6) is 23.0 Å². The lowest BCUT2D eigenvalue weighted by Gasteiger charge is -2.52. The number of carbonyl (C=O) groups excluding carboxylic acids is 2. The summed E-state index contributed by atoms with van der Waals surface area (Å²) in [6.45, 7) is 1.68. The molecule has 2 fully saturated rings. The number of benzene rings is 2. The zero-order chi connectivity index (χ0) is 31.1. The molecule has 1 aromatic heterocycles. The summed E-state index contributed by atoms with van der Waals surface area (Å²) in [5.74, 6) is 0.441. The normalized spacial score (nSPS) is 26.1. The van der Waals surface area contributed by atoms with Gasteiger partial charge in [-0.2, -0.15) is 0 Å². The van der Waals surface area contributed by atoms with Crippen molar-refractivity contribution in [3.63, 3.8) is 0 Å². The summed E-state index contributed by atoms with van der Waals surface area (Å²) in [5.41, 5.74) is 3.83. The monoisotopic (exact) mass is 608 g/mol. The van der Waals surface area contributed by atoms with Gasteiger partial charge < -0.3 is 38.1 Å². The lowest BCUT2D eigenvalue weighted by atomic mass is 9.63. The van der Waals surface area contributed by atoms with Crippen LogP contribution in [0.3, 0.4) is 0 Å². The molecule has 0 unspecified atom stereocenters. The Hall–Kier alpha value is -3.96. The van der Waals surface area contributed by atoms with Gasteiger partial charge in [0.15, 0.2) is 11.5 Å². The van der Waals surface area contributed by atoms with Gasteiger partial charge in [-0.15, -0.1) is 0 Å². The van der Waals surface area contributed by atoms with E-state index in [1.807, 2.05) is 12.1 Å². The van der Waals surface area contributed by atoms with E-state index in [2.05, 4.69) is 16.0 Å². The highest BCUT2D eigenvalue weighted by Gasteiger charge is 2.54. The number of hydrogen-bond acceptors (Lipinski definition) is 10. The van der Waals surface area contributed by atoms with E-state index in [0.717, 1.165) is 37.2 Å². The number of aromatic amines is 1. The molecule has 6 atom stereocenters. The van der Waals surface area contributed by atoms with Crippen LogP contribution in [-0.2, 0) is 25.4 Å². The summed E-state index contributed by atoms with van der Waals surface area (Å²) in [6, 6.07) is 9.40. The Kier molecular flexibility index (Phi) is 8.34. The minimum atomic E-state index is -0.670. The second kappa shape index (κ2) is 12.2. The molecule has 44 heavy (non-hydrogen) atoms. The van der Waals surface area contributed by atoms with Gasteiger partial charge >= 0.3 is 11.9 Å². The molecular weight excluding hydrogens is 568 g/mol. The van der Waals surface area contributed by atoms with E-state index >= 15 is 0 Å². The summed E-state index contributed by atoms with van der Waals surface area (Å²) in [4.78, 5) is 33.1. The van der Waals surface area contributed by atoms with Crippen LogP contribution >= 0.6 is 0 Å². The van der Waals surface area contributed by atoms with Gasteiger partial charge in [-0.3, -0.25) is 9.69 Å². The standard InChI is InChI=1S/C33H40N2O9/c1-38-19-7-8-20-21-9-10-35-16-18-13-27(44-32(36)17-11-25(39-2)30(41-4)26(12-17)40-3)31(42-5)28(33(37)43-6)22(18)15-24(35)29(21)34-23(20)14-19/h7-8,11-12,14,18,22,24,27-28,31,34H,9-10,13,15-16H2,1-6H3/t18-,22+,24+,27-,28+,31+/m0/s1. The maximum atomic E-state index is 13.5. The van der Waals surface area contributed by atoms with Gasteiger partial charge in [0.2, 0.25) is 5.75 Å². The predicted octanol–water partition coefficient (Wildman–Crippen LogP) is 4.17. The molecule has 0 amide bonds. The highest BCUT2D eigenvalue weighted by atomic mass is 16.6. The third-order valence-corrected chi connectivity index (χ3v) is 9.76. The van der Waals surface area contributed by atoms with Crippen LogP contribution in [0.1, 0.15) is 40.5 Å². The topological polar surface area (TPSA) is 118 Å². The number of methoxy groups -OCH3 is 6. The number of nitrogens with zero attached hydrogens (tertiary/aromatic N) is 1. The third-order valence-electron chi connectivity index (χ3n) is 9.76. The van der Waals surface area contributed by atoms with Crippen LogP contribution in [0.15, 0.2) is 30.3 Å². The number of nitrogens with one attached hydrogen (secondary N) is 1. The maximum absolute atomic E-state index is 13.5.